The minimum atomic E-state index is -5.39. The molecule has 160 valence electrons. The first-order chi connectivity index (χ1) is 14.6. The molecular weight excluding hydrogens is 439 g/mol. The van der Waals surface area contributed by atoms with E-state index in [9.17, 15) is 32.3 Å². The molecule has 1 aliphatic rings. The highest BCUT2D eigenvalue weighted by atomic mass is 32.1. The third kappa shape index (κ3) is 3.22. The van der Waals surface area contributed by atoms with Gasteiger partial charge in [-0.05, 0) is 23.1 Å². The number of hydrogen-bond donors (Lipinski definition) is 3. The van der Waals surface area contributed by atoms with E-state index in [1.807, 2.05) is 5.32 Å². The molecule has 3 aromatic heterocycles. The maximum absolute atomic E-state index is 14.3. The topological polar surface area (TPSA) is 126 Å². The molecule has 0 saturated heterocycles. The van der Waals surface area contributed by atoms with Crippen molar-refractivity contribution in [2.24, 2.45) is 0 Å². The number of rotatable bonds is 4. The molecule has 0 fully saturated rings. The number of H-pyrrole nitrogens is 1. The molecule has 0 unspecified atom stereocenters. The molecule has 0 aromatic carbocycles. The first-order valence-corrected chi connectivity index (χ1v) is 9.54. The van der Waals surface area contributed by atoms with Gasteiger partial charge in [-0.3, -0.25) is 28.9 Å². The lowest BCUT2D eigenvalue weighted by molar-refractivity contribution is -0.196. The van der Waals surface area contributed by atoms with Crippen LogP contribution in [-0.4, -0.2) is 32.5 Å². The van der Waals surface area contributed by atoms with E-state index in [0.717, 1.165) is 15.9 Å². The summed E-state index contributed by atoms with van der Waals surface area (Å²) >= 11 is 0.859. The summed E-state index contributed by atoms with van der Waals surface area (Å²) in [6.45, 7) is -0.279. The fraction of sp³-hybridized carbons (Fsp3) is 0.167. The zero-order valence-electron chi connectivity index (χ0n) is 15.3. The zero-order chi connectivity index (χ0) is 22.4. The van der Waals surface area contributed by atoms with Crippen molar-refractivity contribution >= 4 is 29.0 Å². The highest BCUT2D eigenvalue weighted by Crippen LogP contribution is 2.45. The second kappa shape index (κ2) is 7.19. The zero-order valence-corrected chi connectivity index (χ0v) is 16.1. The lowest BCUT2D eigenvalue weighted by atomic mass is 9.92. The molecule has 0 spiro atoms. The van der Waals surface area contributed by atoms with Gasteiger partial charge in [0.05, 0.1) is 11.4 Å². The number of fused-ring (bicyclic) bond motifs is 1. The van der Waals surface area contributed by atoms with E-state index in [1.54, 1.807) is 22.4 Å². The maximum atomic E-state index is 14.3. The number of hydrogen-bond acceptors (Lipinski definition) is 6. The molecule has 3 N–H and O–H groups in total. The number of amides is 2. The average Bonchev–Trinajstić information content (AvgIpc) is 3.33. The Morgan fingerprint density at radius 3 is 2.61 bits per heavy atom. The molecule has 4 rings (SSSR count). The van der Waals surface area contributed by atoms with Gasteiger partial charge in [-0.15, -0.1) is 11.3 Å². The summed E-state index contributed by atoms with van der Waals surface area (Å²) in [5.41, 5.74) is -6.83. The van der Waals surface area contributed by atoms with Gasteiger partial charge in [-0.1, -0.05) is 12.1 Å². The van der Waals surface area contributed by atoms with Gasteiger partial charge in [0.1, 0.15) is 11.4 Å². The Hall–Kier alpha value is -3.74. The smallest absolute Gasteiger partial charge is 0.326 e. The molecule has 1 aliphatic heterocycles. The van der Waals surface area contributed by atoms with Gasteiger partial charge in [0.25, 0.3) is 22.9 Å². The van der Waals surface area contributed by atoms with E-state index >= 15 is 0 Å². The highest BCUT2D eigenvalue weighted by molar-refractivity contribution is 7.12. The lowest BCUT2D eigenvalue weighted by Gasteiger charge is -2.29. The third-order valence-electron chi connectivity index (χ3n) is 4.68. The summed E-state index contributed by atoms with van der Waals surface area (Å²) < 4.78 is 43.6. The highest BCUT2D eigenvalue weighted by Gasteiger charge is 2.68. The number of aromatic amines is 1. The Bertz CT molecular complexity index is 1280. The van der Waals surface area contributed by atoms with Crippen molar-refractivity contribution in [2.75, 3.05) is 5.32 Å². The minimum Gasteiger partial charge on any atom is -0.326 e. The minimum absolute atomic E-state index is 0.0926. The molecule has 3 aromatic rings. The third-order valence-corrected chi connectivity index (χ3v) is 5.55. The Morgan fingerprint density at radius 2 is 2.00 bits per heavy atom. The van der Waals surface area contributed by atoms with E-state index < -0.39 is 46.2 Å². The van der Waals surface area contributed by atoms with Crippen LogP contribution in [0.15, 0.2) is 51.6 Å². The number of carbonyl (C=O) groups is 2. The van der Waals surface area contributed by atoms with Crippen LogP contribution in [0.4, 0.5) is 19.0 Å². The fourth-order valence-electron chi connectivity index (χ4n) is 3.29. The van der Waals surface area contributed by atoms with Crippen molar-refractivity contribution in [1.29, 1.82) is 0 Å². The first-order valence-electron chi connectivity index (χ1n) is 8.66. The van der Waals surface area contributed by atoms with Crippen LogP contribution in [0.3, 0.4) is 0 Å². The monoisotopic (exact) mass is 451 g/mol. The number of alkyl halides is 3. The van der Waals surface area contributed by atoms with Crippen molar-refractivity contribution in [2.45, 2.75) is 18.3 Å². The Labute approximate surface area is 174 Å². The number of pyridine rings is 1. The Morgan fingerprint density at radius 1 is 1.23 bits per heavy atom. The second-order valence-corrected chi connectivity index (χ2v) is 7.51. The predicted octanol–water partition coefficient (Wildman–Crippen LogP) is 1.18. The van der Waals surface area contributed by atoms with Gasteiger partial charge < -0.3 is 10.6 Å². The largest absolute Gasteiger partial charge is 0.425 e. The number of nitrogens with zero attached hydrogens (tertiary/aromatic N) is 2. The van der Waals surface area contributed by atoms with Gasteiger partial charge in [-0.2, -0.15) is 13.2 Å². The van der Waals surface area contributed by atoms with Gasteiger partial charge in [-0.25, -0.2) is 4.79 Å². The normalized spacial score (nSPS) is 17.8. The van der Waals surface area contributed by atoms with Gasteiger partial charge >= 0.3 is 11.9 Å². The molecule has 0 aliphatic carbocycles. The van der Waals surface area contributed by atoms with E-state index in [4.69, 9.17) is 0 Å². The van der Waals surface area contributed by atoms with Crippen molar-refractivity contribution in [3.8, 4) is 0 Å². The van der Waals surface area contributed by atoms with Crippen LogP contribution in [-0.2, 0) is 16.9 Å². The van der Waals surface area contributed by atoms with Crippen LogP contribution < -0.4 is 21.9 Å². The number of nitrogens with one attached hydrogen (secondary N) is 3. The number of anilines is 1. The summed E-state index contributed by atoms with van der Waals surface area (Å²) in [5.74, 6) is -3.54. The molecule has 9 nitrogen and oxygen atoms in total. The molecular formula is C18H12F3N5O4S. The van der Waals surface area contributed by atoms with Crippen molar-refractivity contribution < 1.29 is 22.8 Å². The predicted molar refractivity (Wildman–Crippen MR) is 103 cm³/mol. The standard InChI is InChI=1S/C18H12F3N5O4S/c19-18(20,21)17(25-13(27)10-4-2-6-31-10)11-12(23-15(17)29)26(16(30)24-14(11)28)8-9-3-1-5-22-7-9/h1-7H,8H2,(H,23,29)(H,25,27)(H,24,28,30)/t17-/m1/s1. The van der Waals surface area contributed by atoms with Gasteiger partial charge in [0.15, 0.2) is 0 Å². The molecule has 13 heteroatoms. The van der Waals surface area contributed by atoms with E-state index in [2.05, 4.69) is 4.98 Å². The number of halogens is 3. The van der Waals surface area contributed by atoms with Crippen LogP contribution in [0.1, 0.15) is 20.8 Å². The van der Waals surface area contributed by atoms with Crippen LogP contribution in [0.2, 0.25) is 0 Å². The van der Waals surface area contributed by atoms with Crippen LogP contribution in [0.5, 0.6) is 0 Å². The molecule has 1 atom stereocenters. The Kier molecular flexibility index (Phi) is 4.76. The summed E-state index contributed by atoms with van der Waals surface area (Å²) in [7, 11) is 0. The molecule has 2 amide bonds. The first kappa shape index (κ1) is 20.5. The van der Waals surface area contributed by atoms with Gasteiger partial charge in [0.2, 0.25) is 0 Å². The SMILES string of the molecule is O=C(N[C@@]1(C(F)(F)F)C(=O)Nc2c1c(=O)[nH]c(=O)n2Cc1cccnc1)c1cccs1. The van der Waals surface area contributed by atoms with Crippen molar-refractivity contribution in [1.82, 2.24) is 19.9 Å². The number of aromatic nitrogens is 3. The van der Waals surface area contributed by atoms with E-state index in [1.165, 1.54) is 29.9 Å². The van der Waals surface area contributed by atoms with Crippen LogP contribution in [0.25, 0.3) is 0 Å². The van der Waals surface area contributed by atoms with E-state index in [-0.39, 0.29) is 11.4 Å². The fourth-order valence-corrected chi connectivity index (χ4v) is 3.91. The average molecular weight is 451 g/mol. The number of thiophene rings is 1. The number of carbonyl (C=O) groups excluding carboxylic acids is 2. The maximum Gasteiger partial charge on any atom is 0.425 e. The summed E-state index contributed by atoms with van der Waals surface area (Å²) in [6.07, 6.45) is -2.56. The van der Waals surface area contributed by atoms with Gasteiger partial charge in [0, 0.05) is 12.4 Å². The summed E-state index contributed by atoms with van der Waals surface area (Å²) in [4.78, 5) is 55.5. The molecule has 0 radical (unpaired) electrons. The second-order valence-electron chi connectivity index (χ2n) is 6.56. The molecule has 0 bridgehead atoms. The molecule has 4 heterocycles. The summed E-state index contributed by atoms with van der Waals surface area (Å²) in [5, 5.41) is 5.12. The molecule has 0 saturated carbocycles. The quantitative estimate of drug-likeness (QED) is 0.549. The summed E-state index contributed by atoms with van der Waals surface area (Å²) in [6, 6.07) is 5.82. The Balaban J connectivity index is 1.92. The van der Waals surface area contributed by atoms with Crippen LogP contribution in [0, 0.1) is 0 Å². The van der Waals surface area contributed by atoms with Crippen molar-refractivity contribution in [3.63, 3.8) is 0 Å². The lowest BCUT2D eigenvalue weighted by Crippen LogP contribution is -2.62. The molecule has 31 heavy (non-hydrogen) atoms. The van der Waals surface area contributed by atoms with Crippen LogP contribution >= 0.6 is 11.3 Å². The van der Waals surface area contributed by atoms with E-state index in [0.29, 0.717) is 5.56 Å². The van der Waals surface area contributed by atoms with Crippen molar-refractivity contribution in [3.05, 3.63) is 78.9 Å².